The van der Waals surface area contributed by atoms with Gasteiger partial charge in [-0.1, -0.05) is 48.5 Å². The molecule has 2 aromatic rings. The highest BCUT2D eigenvalue weighted by Gasteiger charge is 2.33. The summed E-state index contributed by atoms with van der Waals surface area (Å²) in [6.45, 7) is 0. The number of esters is 1. The normalized spacial score (nSPS) is 13.9. The Labute approximate surface area is 187 Å². The van der Waals surface area contributed by atoms with Gasteiger partial charge in [-0.3, -0.25) is 9.80 Å². The molecule has 0 heterocycles. The predicted octanol–water partition coefficient (Wildman–Crippen LogP) is 2.98. The third-order valence-electron chi connectivity index (χ3n) is 4.91. The van der Waals surface area contributed by atoms with Gasteiger partial charge >= 0.3 is 5.97 Å². The number of methoxy groups -OCH3 is 1. The van der Waals surface area contributed by atoms with Crippen LogP contribution in [0.5, 0.6) is 0 Å². The van der Waals surface area contributed by atoms with Crippen molar-refractivity contribution in [2.24, 2.45) is 11.6 Å². The Bertz CT molecular complexity index is 835. The number of hydrogen-bond donors (Lipinski definition) is 3. The van der Waals surface area contributed by atoms with E-state index in [1.54, 1.807) is 23.9 Å². The molecule has 8 heteroatoms. The van der Waals surface area contributed by atoms with Crippen molar-refractivity contribution in [3.05, 3.63) is 60.2 Å². The van der Waals surface area contributed by atoms with E-state index in [0.717, 1.165) is 16.1 Å². The zero-order valence-corrected chi connectivity index (χ0v) is 18.9. The van der Waals surface area contributed by atoms with Crippen molar-refractivity contribution in [1.82, 2.24) is 5.01 Å². The van der Waals surface area contributed by atoms with E-state index in [-0.39, 0.29) is 11.3 Å². The van der Waals surface area contributed by atoms with Crippen LogP contribution >= 0.6 is 24.4 Å². The van der Waals surface area contributed by atoms with Gasteiger partial charge in [0.1, 0.15) is 6.04 Å². The van der Waals surface area contributed by atoms with E-state index in [9.17, 15) is 9.59 Å². The molecule has 0 fully saturated rings. The van der Waals surface area contributed by atoms with Crippen molar-refractivity contribution in [1.29, 1.82) is 0 Å². The topological polar surface area (TPSA) is 98.7 Å². The molecule has 0 aliphatic heterocycles. The van der Waals surface area contributed by atoms with Crippen LogP contribution in [0.25, 0.3) is 11.1 Å². The zero-order chi connectivity index (χ0) is 22.1. The van der Waals surface area contributed by atoms with Crippen LogP contribution in [-0.4, -0.2) is 53.3 Å². The minimum absolute atomic E-state index is 0.0273. The number of carbonyl (C=O) groups is 2. The lowest BCUT2D eigenvalue weighted by Crippen LogP contribution is -2.51. The van der Waals surface area contributed by atoms with Crippen molar-refractivity contribution in [2.75, 3.05) is 19.1 Å². The molecule has 1 amide bonds. The third-order valence-corrected chi connectivity index (χ3v) is 6.43. The van der Waals surface area contributed by atoms with Gasteiger partial charge in [0.25, 0.3) is 5.91 Å². The quantitative estimate of drug-likeness (QED) is 0.170. The Kier molecular flexibility index (Phi) is 9.71. The monoisotopic (exact) mass is 447 g/mol. The summed E-state index contributed by atoms with van der Waals surface area (Å²) in [5.41, 5.74) is 8.10. The Hall–Kier alpha value is -2.00. The van der Waals surface area contributed by atoms with E-state index < -0.39 is 17.9 Å². The summed E-state index contributed by atoms with van der Waals surface area (Å²) in [7, 11) is 1.29. The number of hydrazine groups is 1. The SMILES string of the molecule is COC(=O)[C@H](CC(C[C@@H](N)CS)SC)N(N)C(=O)c1ccccc1-c1ccccc1. The molecule has 0 radical (unpaired) electrons. The molecule has 162 valence electrons. The van der Waals surface area contributed by atoms with Crippen molar-refractivity contribution < 1.29 is 14.3 Å². The second-order valence-corrected chi connectivity index (χ2v) is 8.44. The number of hydrogen-bond acceptors (Lipinski definition) is 7. The summed E-state index contributed by atoms with van der Waals surface area (Å²) in [6.07, 6.45) is 2.93. The summed E-state index contributed by atoms with van der Waals surface area (Å²) < 4.78 is 4.94. The number of thioether (sulfide) groups is 1. The summed E-state index contributed by atoms with van der Waals surface area (Å²) in [4.78, 5) is 25.8. The van der Waals surface area contributed by atoms with Crippen molar-refractivity contribution in [3.8, 4) is 11.1 Å². The van der Waals surface area contributed by atoms with E-state index in [1.165, 1.54) is 7.11 Å². The average Bonchev–Trinajstić information content (AvgIpc) is 2.80. The smallest absolute Gasteiger partial charge is 0.330 e. The summed E-state index contributed by atoms with van der Waals surface area (Å²) in [5, 5.41) is 1.02. The number of thiol groups is 1. The van der Waals surface area contributed by atoms with E-state index in [1.807, 2.05) is 48.7 Å². The first-order chi connectivity index (χ1) is 14.4. The Morgan fingerprint density at radius 2 is 1.73 bits per heavy atom. The molecule has 4 N–H and O–H groups in total. The minimum Gasteiger partial charge on any atom is -0.467 e. The molecular formula is C22H29N3O3S2. The maximum absolute atomic E-state index is 13.3. The van der Waals surface area contributed by atoms with Crippen LogP contribution in [0.2, 0.25) is 0 Å². The molecule has 2 aromatic carbocycles. The number of carbonyl (C=O) groups excluding carboxylic acids is 2. The van der Waals surface area contributed by atoms with Gasteiger partial charge in [-0.25, -0.2) is 10.6 Å². The van der Waals surface area contributed by atoms with Crippen LogP contribution in [0.4, 0.5) is 0 Å². The van der Waals surface area contributed by atoms with Crippen molar-refractivity contribution in [2.45, 2.75) is 30.2 Å². The van der Waals surface area contributed by atoms with Crippen molar-refractivity contribution in [3.63, 3.8) is 0 Å². The van der Waals surface area contributed by atoms with Crippen LogP contribution in [0.15, 0.2) is 54.6 Å². The standard InChI is InChI=1S/C22H29N3O3S2/c1-28-22(27)20(13-17(30-2)12-16(23)14-29)25(24)21(26)19-11-7-6-10-18(19)15-8-4-3-5-9-15/h3-11,16-17,20,29H,12-14,23-24H2,1-2H3/t16-,17?,20+/m1/s1. The predicted molar refractivity (Wildman–Crippen MR) is 126 cm³/mol. The largest absolute Gasteiger partial charge is 0.467 e. The van der Waals surface area contributed by atoms with Gasteiger partial charge in [-0.2, -0.15) is 24.4 Å². The number of amides is 1. The number of benzene rings is 2. The molecule has 0 aliphatic carbocycles. The van der Waals surface area contributed by atoms with E-state index >= 15 is 0 Å². The first-order valence-electron chi connectivity index (χ1n) is 9.62. The highest BCUT2D eigenvalue weighted by molar-refractivity contribution is 7.99. The average molecular weight is 448 g/mol. The Balaban J connectivity index is 2.31. The van der Waals surface area contributed by atoms with Gasteiger partial charge in [-0.15, -0.1) is 0 Å². The second kappa shape index (κ2) is 12.0. The second-order valence-electron chi connectivity index (χ2n) is 6.93. The fourth-order valence-electron chi connectivity index (χ4n) is 3.23. The first-order valence-corrected chi connectivity index (χ1v) is 11.5. The lowest BCUT2D eigenvalue weighted by molar-refractivity contribution is -0.146. The zero-order valence-electron chi connectivity index (χ0n) is 17.2. The molecule has 0 aliphatic rings. The maximum Gasteiger partial charge on any atom is 0.330 e. The van der Waals surface area contributed by atoms with E-state index in [0.29, 0.717) is 24.2 Å². The van der Waals surface area contributed by atoms with Gasteiger partial charge in [0.15, 0.2) is 0 Å². The van der Waals surface area contributed by atoms with E-state index in [4.69, 9.17) is 16.3 Å². The van der Waals surface area contributed by atoms with Gasteiger partial charge in [0.2, 0.25) is 0 Å². The first kappa shape index (κ1) is 24.3. The molecule has 2 rings (SSSR count). The highest BCUT2D eigenvalue weighted by Crippen LogP contribution is 2.26. The molecule has 30 heavy (non-hydrogen) atoms. The van der Waals surface area contributed by atoms with Gasteiger partial charge in [0, 0.05) is 22.6 Å². The fourth-order valence-corrected chi connectivity index (χ4v) is 4.19. The molecule has 6 nitrogen and oxygen atoms in total. The maximum atomic E-state index is 13.3. The molecule has 1 unspecified atom stereocenters. The third kappa shape index (κ3) is 6.25. The number of rotatable bonds is 10. The summed E-state index contributed by atoms with van der Waals surface area (Å²) >= 11 is 5.81. The number of nitrogens with zero attached hydrogens (tertiary/aromatic N) is 1. The Morgan fingerprint density at radius 3 is 2.33 bits per heavy atom. The van der Waals surface area contributed by atoms with E-state index in [2.05, 4.69) is 12.6 Å². The lowest BCUT2D eigenvalue weighted by atomic mass is 9.98. The summed E-state index contributed by atoms with van der Waals surface area (Å²) in [5.74, 6) is 5.75. The fraction of sp³-hybridized carbons (Fsp3) is 0.364. The van der Waals surface area contributed by atoms with Crippen LogP contribution < -0.4 is 11.6 Å². The van der Waals surface area contributed by atoms with Crippen LogP contribution in [0, 0.1) is 0 Å². The molecule has 0 aromatic heterocycles. The molecule has 0 spiro atoms. The molecule has 0 saturated heterocycles. The summed E-state index contributed by atoms with van der Waals surface area (Å²) in [6, 6.07) is 15.7. The van der Waals surface area contributed by atoms with Gasteiger partial charge in [0.05, 0.1) is 7.11 Å². The van der Waals surface area contributed by atoms with Crippen LogP contribution in [0.3, 0.4) is 0 Å². The van der Waals surface area contributed by atoms with Crippen molar-refractivity contribution >= 4 is 36.3 Å². The molecular weight excluding hydrogens is 418 g/mol. The number of ether oxygens (including phenoxy) is 1. The number of nitrogens with two attached hydrogens (primary N) is 2. The highest BCUT2D eigenvalue weighted by atomic mass is 32.2. The lowest BCUT2D eigenvalue weighted by Gasteiger charge is -2.29. The van der Waals surface area contributed by atoms with Gasteiger partial charge < -0.3 is 10.5 Å². The molecule has 0 bridgehead atoms. The molecule has 0 saturated carbocycles. The van der Waals surface area contributed by atoms with Crippen LogP contribution in [0.1, 0.15) is 23.2 Å². The molecule has 3 atom stereocenters. The van der Waals surface area contributed by atoms with Crippen LogP contribution in [-0.2, 0) is 9.53 Å². The van der Waals surface area contributed by atoms with Gasteiger partial charge in [-0.05, 0) is 36.3 Å². The Morgan fingerprint density at radius 1 is 1.10 bits per heavy atom. The minimum atomic E-state index is -0.920.